The van der Waals surface area contributed by atoms with Gasteiger partial charge in [-0.15, -0.1) is 0 Å². The molecular formula is C20H17O3Si. The van der Waals surface area contributed by atoms with Gasteiger partial charge in [-0.05, 0) is 36.1 Å². The van der Waals surface area contributed by atoms with Gasteiger partial charge in [0.05, 0.1) is 5.75 Å². The Hall–Kier alpha value is -2.46. The van der Waals surface area contributed by atoms with Crippen molar-refractivity contribution in [3.05, 3.63) is 70.8 Å². The molecule has 0 amide bonds. The average Bonchev–Trinajstić information content (AvgIpc) is 2.63. The normalized spacial score (nSPS) is 15.0. The summed E-state index contributed by atoms with van der Waals surface area (Å²) in [6, 6.07) is 13.8. The van der Waals surface area contributed by atoms with E-state index in [1.807, 2.05) is 42.5 Å². The average molecular weight is 333 g/mol. The van der Waals surface area contributed by atoms with Crippen molar-refractivity contribution in [2.45, 2.75) is 26.2 Å². The monoisotopic (exact) mass is 333 g/mol. The van der Waals surface area contributed by atoms with Crippen LogP contribution in [0.2, 0.25) is 0 Å². The molecule has 0 spiro atoms. The molecule has 0 unspecified atom stereocenters. The van der Waals surface area contributed by atoms with Crippen LogP contribution in [0.25, 0.3) is 5.57 Å². The van der Waals surface area contributed by atoms with Gasteiger partial charge in [-0.2, -0.15) is 0 Å². The first-order valence-corrected chi connectivity index (χ1v) is 9.04. The van der Waals surface area contributed by atoms with E-state index in [9.17, 15) is 4.79 Å². The topological polar surface area (TPSA) is 37.6 Å². The summed E-state index contributed by atoms with van der Waals surface area (Å²) >= 11 is 0. The van der Waals surface area contributed by atoms with E-state index >= 15 is 0 Å². The Morgan fingerprint density at radius 2 is 2.00 bits per heavy atom. The minimum absolute atomic E-state index is 0.0389. The number of rotatable bonds is 4. The molecule has 1 heterocycles. The Kier molecular flexibility index (Phi) is 3.90. The number of benzene rings is 2. The van der Waals surface area contributed by atoms with Crippen molar-refractivity contribution < 1.29 is 13.3 Å². The van der Waals surface area contributed by atoms with E-state index in [4.69, 9.17) is 8.54 Å². The van der Waals surface area contributed by atoms with Gasteiger partial charge in [-0.25, -0.2) is 0 Å². The minimum Gasteiger partial charge on any atom is -0.629 e. The van der Waals surface area contributed by atoms with E-state index in [0.29, 0.717) is 11.1 Å². The van der Waals surface area contributed by atoms with Crippen molar-refractivity contribution in [3.8, 4) is 5.75 Å². The molecule has 0 N–H and O–H groups in total. The first-order chi connectivity index (χ1) is 11.8. The van der Waals surface area contributed by atoms with Gasteiger partial charge in [0, 0.05) is 17.2 Å². The maximum atomic E-state index is 13.1. The molecule has 0 aromatic heterocycles. The highest BCUT2D eigenvalue weighted by Crippen LogP contribution is 2.36. The maximum Gasteiger partial charge on any atom is 0.424 e. The molecule has 24 heavy (non-hydrogen) atoms. The van der Waals surface area contributed by atoms with E-state index in [-0.39, 0.29) is 15.8 Å². The van der Waals surface area contributed by atoms with Crippen molar-refractivity contribution in [1.82, 2.24) is 0 Å². The fourth-order valence-electron chi connectivity index (χ4n) is 3.15. The van der Waals surface area contributed by atoms with Gasteiger partial charge >= 0.3 is 10.0 Å². The number of Topliss-reactive ketones (excluding diaryl/α,β-unsaturated/α-hetero) is 1. The fourth-order valence-corrected chi connectivity index (χ4v) is 3.69. The van der Waals surface area contributed by atoms with Gasteiger partial charge in [0.1, 0.15) is 5.56 Å². The van der Waals surface area contributed by atoms with E-state index < -0.39 is 0 Å². The number of hydrogen-bond acceptors (Lipinski definition) is 2. The largest absolute Gasteiger partial charge is 0.629 e. The highest BCUT2D eigenvalue weighted by Gasteiger charge is 2.34. The lowest BCUT2D eigenvalue weighted by molar-refractivity contribution is -0.0996. The molecule has 4 heteroatoms. The second-order valence-corrected chi connectivity index (χ2v) is 6.60. The number of ketones is 2. The van der Waals surface area contributed by atoms with Crippen molar-refractivity contribution in [1.29, 1.82) is 0 Å². The Labute approximate surface area is 143 Å². The molecule has 0 atom stereocenters. The Morgan fingerprint density at radius 1 is 1.17 bits per heavy atom. The molecule has 2 aliphatic rings. The molecule has 1 radical (unpaired) electrons. The number of allylic oxidation sites excluding steroid dienone is 2. The van der Waals surface area contributed by atoms with Crippen LogP contribution in [0.3, 0.4) is 0 Å². The van der Waals surface area contributed by atoms with Gasteiger partial charge in [0.15, 0.2) is 5.78 Å². The SMILES string of the molecule is CCCCc1cc2c3c(c1)C(=O)C(c1ccccc1)=CC3=[O+][Si-]O2. The van der Waals surface area contributed by atoms with Gasteiger partial charge < -0.3 is 8.54 Å². The fraction of sp³-hybridized carbons (Fsp3) is 0.200. The molecule has 4 rings (SSSR count). The molecule has 1 aliphatic carbocycles. The lowest BCUT2D eigenvalue weighted by Gasteiger charge is -2.23. The van der Waals surface area contributed by atoms with Crippen molar-refractivity contribution in [2.75, 3.05) is 0 Å². The summed E-state index contributed by atoms with van der Waals surface area (Å²) in [6.45, 7) is 2.17. The zero-order valence-electron chi connectivity index (χ0n) is 13.5. The predicted octanol–water partition coefficient (Wildman–Crippen LogP) is 3.95. The molecule has 3 nitrogen and oxygen atoms in total. The third-order valence-electron chi connectivity index (χ3n) is 4.38. The second-order valence-electron chi connectivity index (χ2n) is 6.02. The lowest BCUT2D eigenvalue weighted by Crippen LogP contribution is -2.24. The number of carbonyl (C=O) groups excluding carboxylic acids is 2. The molecular weight excluding hydrogens is 316 g/mol. The standard InChI is InChI=1S/C20H17O3Si/c1-2-3-7-13-10-16-19-17(11-13)22-24-23-18(19)12-15(20(16)21)14-8-5-4-6-9-14/h4-6,8-12H,2-3,7H2,1H3. The molecule has 119 valence electrons. The molecule has 0 bridgehead atoms. The molecule has 0 saturated carbocycles. The van der Waals surface area contributed by atoms with Crippen molar-refractivity contribution in [3.63, 3.8) is 0 Å². The smallest absolute Gasteiger partial charge is 0.424 e. The van der Waals surface area contributed by atoms with Crippen LogP contribution < -0.4 is 4.43 Å². The zero-order chi connectivity index (χ0) is 16.5. The van der Waals surface area contributed by atoms with Crippen LogP contribution in [-0.2, 0) is 6.42 Å². The molecule has 2 aromatic rings. The van der Waals surface area contributed by atoms with E-state index in [2.05, 4.69) is 13.0 Å². The summed E-state index contributed by atoms with van der Waals surface area (Å²) in [5.41, 5.74) is 4.25. The van der Waals surface area contributed by atoms with Crippen molar-refractivity contribution >= 4 is 27.1 Å². The van der Waals surface area contributed by atoms with Crippen molar-refractivity contribution in [2.24, 2.45) is 0 Å². The van der Waals surface area contributed by atoms with Gasteiger partial charge in [0.2, 0.25) is 0 Å². The van der Waals surface area contributed by atoms with Crippen LogP contribution >= 0.6 is 0 Å². The first kappa shape index (κ1) is 15.1. The minimum atomic E-state index is -0.0686. The summed E-state index contributed by atoms with van der Waals surface area (Å²) in [7, 11) is -0.0686. The highest BCUT2D eigenvalue weighted by atomic mass is 28.2. The summed E-state index contributed by atoms with van der Waals surface area (Å²) in [4.78, 5) is 13.1. The number of aryl methyl sites for hydroxylation is 1. The van der Waals surface area contributed by atoms with Crippen LogP contribution in [0.4, 0.5) is 0 Å². The lowest BCUT2D eigenvalue weighted by atomic mass is 9.84. The van der Waals surface area contributed by atoms with Gasteiger partial charge in [-0.1, -0.05) is 43.7 Å². The summed E-state index contributed by atoms with van der Waals surface area (Å²) in [5, 5.41) is 0. The molecule has 2 aromatic carbocycles. The molecule has 0 fully saturated rings. The zero-order valence-corrected chi connectivity index (χ0v) is 14.5. The Morgan fingerprint density at radius 3 is 2.79 bits per heavy atom. The van der Waals surface area contributed by atoms with Crippen LogP contribution in [0.5, 0.6) is 5.75 Å². The third-order valence-corrected chi connectivity index (χ3v) is 4.99. The van der Waals surface area contributed by atoms with Crippen LogP contribution in [0.1, 0.15) is 50.9 Å². The van der Waals surface area contributed by atoms with Crippen LogP contribution in [-0.4, -0.2) is 21.6 Å². The van der Waals surface area contributed by atoms with Gasteiger partial charge in [-0.3, -0.25) is 4.79 Å². The van der Waals surface area contributed by atoms with E-state index in [0.717, 1.165) is 47.5 Å². The number of hydrogen-bond donors (Lipinski definition) is 0. The summed E-state index contributed by atoms with van der Waals surface area (Å²) < 4.78 is 11.4. The van der Waals surface area contributed by atoms with Crippen LogP contribution in [0, 0.1) is 0 Å². The van der Waals surface area contributed by atoms with Gasteiger partial charge in [0.25, 0.3) is 5.78 Å². The second kappa shape index (κ2) is 6.21. The maximum absolute atomic E-state index is 13.1. The molecule has 0 saturated heterocycles. The summed E-state index contributed by atoms with van der Waals surface area (Å²) in [6.07, 6.45) is 5.03. The highest BCUT2D eigenvalue weighted by molar-refractivity contribution is 6.40. The Bertz CT molecular complexity index is 866. The molecule has 1 aliphatic heterocycles. The number of unbranched alkanes of at least 4 members (excludes halogenated alkanes) is 1. The first-order valence-electron chi connectivity index (χ1n) is 8.22. The number of carbonyl (C=O) groups is 1. The Balaban J connectivity index is 1.85. The van der Waals surface area contributed by atoms with Crippen LogP contribution in [0.15, 0.2) is 48.5 Å². The summed E-state index contributed by atoms with van der Waals surface area (Å²) in [5.74, 6) is 1.55. The van der Waals surface area contributed by atoms with E-state index in [1.54, 1.807) is 0 Å². The van der Waals surface area contributed by atoms with E-state index in [1.165, 1.54) is 0 Å². The third kappa shape index (κ3) is 2.53. The quantitative estimate of drug-likeness (QED) is 0.627. The predicted molar refractivity (Wildman–Crippen MR) is 94.5 cm³/mol.